The third kappa shape index (κ3) is 6.21. The Hall–Kier alpha value is -3.60. The maximum atomic E-state index is 12.2. The second-order valence-electron chi connectivity index (χ2n) is 7.21. The normalized spacial score (nSPS) is 12.6. The van der Waals surface area contributed by atoms with E-state index in [1.54, 1.807) is 6.92 Å². The van der Waals surface area contributed by atoms with Gasteiger partial charge in [-0.1, -0.05) is 84.9 Å². The molecule has 0 saturated heterocycles. The summed E-state index contributed by atoms with van der Waals surface area (Å²) in [5, 5.41) is 11.9. The number of carboxylic acids is 1. The number of aliphatic carboxylic acids is 1. The van der Waals surface area contributed by atoms with Crippen LogP contribution in [-0.2, 0) is 22.4 Å². The van der Waals surface area contributed by atoms with Crippen molar-refractivity contribution in [3.63, 3.8) is 0 Å². The number of ether oxygens (including phenoxy) is 1. The highest BCUT2D eigenvalue weighted by Crippen LogP contribution is 2.20. The molecule has 0 aliphatic rings. The van der Waals surface area contributed by atoms with Crippen molar-refractivity contribution in [1.82, 2.24) is 5.32 Å². The number of carboxylic acid groups (broad SMARTS) is 1. The van der Waals surface area contributed by atoms with Gasteiger partial charge in [-0.05, 0) is 29.2 Å². The van der Waals surface area contributed by atoms with Crippen LogP contribution >= 0.6 is 0 Å². The van der Waals surface area contributed by atoms with Gasteiger partial charge in [-0.3, -0.25) is 0 Å². The van der Waals surface area contributed by atoms with Crippen molar-refractivity contribution in [2.24, 2.45) is 0 Å². The monoisotopic (exact) mass is 403 g/mol. The Bertz CT molecular complexity index is 955. The van der Waals surface area contributed by atoms with E-state index in [0.29, 0.717) is 6.42 Å². The fourth-order valence-corrected chi connectivity index (χ4v) is 3.25. The number of amides is 1. The second-order valence-corrected chi connectivity index (χ2v) is 7.21. The summed E-state index contributed by atoms with van der Waals surface area (Å²) in [5.74, 6) is -1.10. The number of benzene rings is 3. The minimum absolute atomic E-state index is 0.195. The predicted molar refractivity (Wildman–Crippen MR) is 116 cm³/mol. The third-order valence-corrected chi connectivity index (χ3v) is 4.77. The zero-order valence-electron chi connectivity index (χ0n) is 16.8. The topological polar surface area (TPSA) is 75.6 Å². The minimum Gasteiger partial charge on any atom is -0.480 e. The zero-order valence-corrected chi connectivity index (χ0v) is 16.8. The Morgan fingerprint density at radius 2 is 1.33 bits per heavy atom. The number of hydrogen-bond acceptors (Lipinski definition) is 3. The van der Waals surface area contributed by atoms with Crippen LogP contribution in [-0.4, -0.2) is 29.3 Å². The van der Waals surface area contributed by atoms with Gasteiger partial charge in [0.15, 0.2) is 0 Å². The molecule has 0 aliphatic carbocycles. The molecular weight excluding hydrogens is 378 g/mol. The van der Waals surface area contributed by atoms with E-state index in [1.165, 1.54) is 0 Å². The summed E-state index contributed by atoms with van der Waals surface area (Å²) in [6.07, 6.45) is -0.384. The Balaban J connectivity index is 1.52. The van der Waals surface area contributed by atoms with E-state index in [0.717, 1.165) is 22.3 Å². The minimum atomic E-state index is -1.10. The van der Waals surface area contributed by atoms with E-state index < -0.39 is 24.2 Å². The molecule has 5 nitrogen and oxygen atoms in total. The van der Waals surface area contributed by atoms with Crippen molar-refractivity contribution >= 4 is 12.1 Å². The molecule has 0 aromatic heterocycles. The van der Waals surface area contributed by atoms with Crippen LogP contribution in [0.4, 0.5) is 4.79 Å². The van der Waals surface area contributed by atoms with E-state index in [9.17, 15) is 14.7 Å². The second kappa shape index (κ2) is 10.3. The molecular formula is C25H25NO4. The third-order valence-electron chi connectivity index (χ3n) is 4.77. The van der Waals surface area contributed by atoms with Crippen LogP contribution in [0.3, 0.4) is 0 Å². The number of hydrogen-bond donors (Lipinski definition) is 2. The van der Waals surface area contributed by atoms with Gasteiger partial charge in [0.1, 0.15) is 12.1 Å². The molecule has 0 saturated carbocycles. The van der Waals surface area contributed by atoms with Crippen LogP contribution in [0.1, 0.15) is 18.1 Å². The molecule has 1 unspecified atom stereocenters. The van der Waals surface area contributed by atoms with Gasteiger partial charge in [0, 0.05) is 12.8 Å². The van der Waals surface area contributed by atoms with Crippen molar-refractivity contribution < 1.29 is 19.4 Å². The molecule has 3 aromatic carbocycles. The average Bonchev–Trinajstić information content (AvgIpc) is 2.75. The molecule has 2 N–H and O–H groups in total. The first-order chi connectivity index (χ1) is 14.5. The molecule has 154 valence electrons. The molecule has 2 atom stereocenters. The highest BCUT2D eigenvalue weighted by molar-refractivity contribution is 5.80. The Morgan fingerprint density at radius 3 is 1.93 bits per heavy atom. The lowest BCUT2D eigenvalue weighted by molar-refractivity contribution is -0.139. The maximum Gasteiger partial charge on any atom is 0.408 e. The van der Waals surface area contributed by atoms with Gasteiger partial charge in [0.25, 0.3) is 0 Å². The molecule has 3 rings (SSSR count). The van der Waals surface area contributed by atoms with Gasteiger partial charge in [-0.2, -0.15) is 0 Å². The average molecular weight is 403 g/mol. The lowest BCUT2D eigenvalue weighted by atomic mass is 10.0. The first-order valence-corrected chi connectivity index (χ1v) is 9.89. The van der Waals surface area contributed by atoms with E-state index in [2.05, 4.69) is 17.4 Å². The van der Waals surface area contributed by atoms with Gasteiger partial charge in [-0.25, -0.2) is 9.59 Å². The van der Waals surface area contributed by atoms with Crippen molar-refractivity contribution in [3.8, 4) is 11.1 Å². The van der Waals surface area contributed by atoms with Crippen molar-refractivity contribution in [3.05, 3.63) is 96.1 Å². The first kappa shape index (κ1) is 21.1. The Labute approximate surface area is 176 Å². The number of carbonyl (C=O) groups excluding carboxylic acids is 1. The maximum absolute atomic E-state index is 12.2. The summed E-state index contributed by atoms with van der Waals surface area (Å²) in [5.41, 5.74) is 4.13. The lowest BCUT2D eigenvalue weighted by Gasteiger charge is -2.18. The Morgan fingerprint density at radius 1 is 0.800 bits per heavy atom. The van der Waals surface area contributed by atoms with Crippen LogP contribution in [0.2, 0.25) is 0 Å². The summed E-state index contributed by atoms with van der Waals surface area (Å²) < 4.78 is 5.37. The first-order valence-electron chi connectivity index (χ1n) is 9.89. The van der Waals surface area contributed by atoms with Crippen LogP contribution in [0.15, 0.2) is 84.9 Å². The molecule has 0 aliphatic heterocycles. The van der Waals surface area contributed by atoms with Gasteiger partial charge >= 0.3 is 12.1 Å². The van der Waals surface area contributed by atoms with Gasteiger partial charge in [-0.15, -0.1) is 0 Å². The Kier molecular flexibility index (Phi) is 7.22. The highest BCUT2D eigenvalue weighted by Gasteiger charge is 2.22. The quantitative estimate of drug-likeness (QED) is 0.571. The highest BCUT2D eigenvalue weighted by atomic mass is 16.6. The molecule has 0 heterocycles. The zero-order chi connectivity index (χ0) is 21.3. The standard InChI is InChI=1S/C25H25NO4/c1-18(16-20-12-14-22(15-13-20)21-10-6-3-7-11-21)30-25(29)26-23(24(27)28)17-19-8-4-2-5-9-19/h2-15,18,23H,16-17H2,1H3,(H,26,29)(H,27,28)/t18?,23-/m0/s1. The molecule has 3 aromatic rings. The van der Waals surface area contributed by atoms with E-state index in [1.807, 2.05) is 72.8 Å². The van der Waals surface area contributed by atoms with E-state index in [4.69, 9.17) is 4.74 Å². The summed E-state index contributed by atoms with van der Waals surface area (Å²) >= 11 is 0. The van der Waals surface area contributed by atoms with Crippen LogP contribution in [0.5, 0.6) is 0 Å². The van der Waals surface area contributed by atoms with Crippen molar-refractivity contribution in [2.75, 3.05) is 0 Å². The number of nitrogens with one attached hydrogen (secondary N) is 1. The fraction of sp³-hybridized carbons (Fsp3) is 0.200. The molecule has 0 spiro atoms. The number of rotatable bonds is 8. The van der Waals surface area contributed by atoms with Gasteiger partial charge in [0.05, 0.1) is 0 Å². The van der Waals surface area contributed by atoms with E-state index in [-0.39, 0.29) is 6.42 Å². The summed E-state index contributed by atoms with van der Waals surface area (Å²) in [7, 11) is 0. The van der Waals surface area contributed by atoms with Crippen LogP contribution in [0, 0.1) is 0 Å². The summed E-state index contributed by atoms with van der Waals surface area (Å²) in [6.45, 7) is 1.79. The van der Waals surface area contributed by atoms with Crippen molar-refractivity contribution in [2.45, 2.75) is 31.9 Å². The van der Waals surface area contributed by atoms with Crippen LogP contribution < -0.4 is 5.32 Å². The predicted octanol–water partition coefficient (Wildman–Crippen LogP) is 4.71. The smallest absolute Gasteiger partial charge is 0.408 e. The fourth-order valence-electron chi connectivity index (χ4n) is 3.25. The molecule has 5 heteroatoms. The van der Waals surface area contributed by atoms with Crippen LogP contribution in [0.25, 0.3) is 11.1 Å². The molecule has 0 radical (unpaired) electrons. The number of alkyl carbamates (subject to hydrolysis) is 1. The lowest BCUT2D eigenvalue weighted by Crippen LogP contribution is -2.43. The molecule has 1 amide bonds. The van der Waals surface area contributed by atoms with Gasteiger partial charge < -0.3 is 15.2 Å². The SMILES string of the molecule is CC(Cc1ccc(-c2ccccc2)cc1)OC(=O)N[C@@H](Cc1ccccc1)C(=O)O. The summed E-state index contributed by atoms with van der Waals surface area (Å²) in [4.78, 5) is 23.7. The summed E-state index contributed by atoms with van der Waals surface area (Å²) in [6, 6.07) is 26.3. The molecule has 0 fully saturated rings. The molecule has 30 heavy (non-hydrogen) atoms. The van der Waals surface area contributed by atoms with Crippen molar-refractivity contribution in [1.29, 1.82) is 0 Å². The number of carbonyl (C=O) groups is 2. The van der Waals surface area contributed by atoms with Gasteiger partial charge in [0.2, 0.25) is 0 Å². The largest absolute Gasteiger partial charge is 0.480 e. The van der Waals surface area contributed by atoms with E-state index >= 15 is 0 Å². The molecule has 0 bridgehead atoms.